The third-order valence-electron chi connectivity index (χ3n) is 1.72. The second kappa shape index (κ2) is 4.61. The zero-order valence-electron chi connectivity index (χ0n) is 7.81. The number of nitrogens with one attached hydrogen (secondary N) is 1. The lowest BCUT2D eigenvalue weighted by Crippen LogP contribution is -2.16. The highest BCUT2D eigenvalue weighted by Crippen LogP contribution is 2.36. The Morgan fingerprint density at radius 3 is 2.56 bits per heavy atom. The lowest BCUT2D eigenvalue weighted by Gasteiger charge is -2.13. The fraction of sp³-hybridized carbons (Fsp3) is 0.222. The summed E-state index contributed by atoms with van der Waals surface area (Å²) in [7, 11) is 0. The smallest absolute Gasteiger partial charge is 0.418 e. The largest absolute Gasteiger partial charge is 0.480 e. The Kier molecular flexibility index (Phi) is 3.64. The van der Waals surface area contributed by atoms with E-state index < -0.39 is 24.3 Å². The third kappa shape index (κ3) is 3.30. The molecular formula is C9H7ClF3NO2. The van der Waals surface area contributed by atoms with Crippen molar-refractivity contribution >= 4 is 23.3 Å². The average molecular weight is 254 g/mol. The molecule has 1 aromatic rings. The first kappa shape index (κ1) is 12.6. The number of carboxylic acids is 1. The topological polar surface area (TPSA) is 49.3 Å². The van der Waals surface area contributed by atoms with Gasteiger partial charge in [-0.25, -0.2) is 0 Å². The minimum atomic E-state index is -4.58. The number of halogens is 4. The number of anilines is 1. The lowest BCUT2D eigenvalue weighted by atomic mass is 10.1. The van der Waals surface area contributed by atoms with Crippen LogP contribution in [-0.2, 0) is 11.0 Å². The van der Waals surface area contributed by atoms with Gasteiger partial charge in [0.05, 0.1) is 5.56 Å². The van der Waals surface area contributed by atoms with Gasteiger partial charge in [0.25, 0.3) is 0 Å². The number of alkyl halides is 3. The summed E-state index contributed by atoms with van der Waals surface area (Å²) in [5.41, 5.74) is -1.29. The van der Waals surface area contributed by atoms with E-state index in [1.54, 1.807) is 0 Å². The maximum Gasteiger partial charge on any atom is 0.418 e. The molecule has 0 aliphatic rings. The molecule has 3 nitrogen and oxygen atoms in total. The van der Waals surface area contributed by atoms with Gasteiger partial charge in [-0.1, -0.05) is 11.6 Å². The highest BCUT2D eigenvalue weighted by Gasteiger charge is 2.33. The summed E-state index contributed by atoms with van der Waals surface area (Å²) in [5.74, 6) is -1.25. The van der Waals surface area contributed by atoms with Gasteiger partial charge in [-0.3, -0.25) is 4.79 Å². The Bertz CT molecular complexity index is 406. The molecule has 1 aromatic carbocycles. The fourth-order valence-corrected chi connectivity index (χ4v) is 1.25. The van der Waals surface area contributed by atoms with Crippen molar-refractivity contribution in [1.82, 2.24) is 0 Å². The molecule has 0 spiro atoms. The summed E-state index contributed by atoms with van der Waals surface area (Å²) < 4.78 is 37.5. The Balaban J connectivity index is 3.03. The van der Waals surface area contributed by atoms with Gasteiger partial charge in [0.2, 0.25) is 0 Å². The Morgan fingerprint density at radius 2 is 2.06 bits per heavy atom. The summed E-state index contributed by atoms with van der Waals surface area (Å²) in [4.78, 5) is 10.2. The van der Waals surface area contributed by atoms with Crippen LogP contribution in [0.25, 0.3) is 0 Å². The van der Waals surface area contributed by atoms with E-state index in [-0.39, 0.29) is 10.7 Å². The predicted octanol–water partition coefficient (Wildman–Crippen LogP) is 2.86. The summed E-state index contributed by atoms with van der Waals surface area (Å²) in [6.07, 6.45) is -4.58. The third-order valence-corrected chi connectivity index (χ3v) is 1.95. The van der Waals surface area contributed by atoms with E-state index >= 15 is 0 Å². The molecule has 0 amide bonds. The van der Waals surface area contributed by atoms with Crippen LogP contribution in [0, 0.1) is 0 Å². The number of carbonyl (C=O) groups is 1. The first-order valence-corrected chi connectivity index (χ1v) is 4.51. The molecule has 0 radical (unpaired) electrons. The molecule has 1 rings (SSSR count). The van der Waals surface area contributed by atoms with Crippen molar-refractivity contribution in [3.63, 3.8) is 0 Å². The maximum atomic E-state index is 12.5. The molecule has 7 heteroatoms. The van der Waals surface area contributed by atoms with Crippen LogP contribution >= 0.6 is 11.6 Å². The van der Waals surface area contributed by atoms with E-state index in [0.29, 0.717) is 0 Å². The first-order chi connectivity index (χ1) is 7.30. The molecule has 0 bridgehead atoms. The second-order valence-electron chi connectivity index (χ2n) is 2.93. The molecule has 0 aliphatic heterocycles. The average Bonchev–Trinajstić information content (AvgIpc) is 2.14. The van der Waals surface area contributed by atoms with Crippen LogP contribution in [0.2, 0.25) is 5.02 Å². The van der Waals surface area contributed by atoms with Gasteiger partial charge in [-0.05, 0) is 18.2 Å². The van der Waals surface area contributed by atoms with Crippen molar-refractivity contribution in [1.29, 1.82) is 0 Å². The van der Waals surface area contributed by atoms with E-state index in [9.17, 15) is 18.0 Å². The van der Waals surface area contributed by atoms with E-state index in [1.165, 1.54) is 6.07 Å². The zero-order chi connectivity index (χ0) is 12.3. The van der Waals surface area contributed by atoms with Crippen LogP contribution in [0.1, 0.15) is 5.56 Å². The van der Waals surface area contributed by atoms with Gasteiger partial charge >= 0.3 is 12.1 Å². The van der Waals surface area contributed by atoms with Gasteiger partial charge in [0.1, 0.15) is 6.54 Å². The number of benzene rings is 1. The molecule has 16 heavy (non-hydrogen) atoms. The molecule has 0 saturated carbocycles. The number of carboxylic acid groups (broad SMARTS) is 1. The number of hydrogen-bond donors (Lipinski definition) is 2. The van der Waals surface area contributed by atoms with Crippen molar-refractivity contribution in [2.75, 3.05) is 11.9 Å². The van der Waals surface area contributed by atoms with Crippen LogP contribution in [-0.4, -0.2) is 17.6 Å². The number of rotatable bonds is 3. The molecule has 88 valence electrons. The summed E-state index contributed by atoms with van der Waals surface area (Å²) in [6.45, 7) is -0.593. The molecule has 0 aliphatic carbocycles. The van der Waals surface area contributed by atoms with Crippen molar-refractivity contribution in [2.45, 2.75) is 6.18 Å². The number of aliphatic carboxylic acids is 1. The first-order valence-electron chi connectivity index (χ1n) is 4.13. The summed E-state index contributed by atoms with van der Waals surface area (Å²) in [5, 5.41) is 10.5. The SMILES string of the molecule is O=C(O)CNc1ccc(Cl)cc1C(F)(F)F. The van der Waals surface area contributed by atoms with Crippen LogP contribution in [0.15, 0.2) is 18.2 Å². The van der Waals surface area contributed by atoms with Gasteiger partial charge in [0.15, 0.2) is 0 Å². The molecule has 0 unspecified atom stereocenters. The Morgan fingerprint density at radius 1 is 1.44 bits per heavy atom. The Labute approximate surface area is 93.8 Å². The van der Waals surface area contributed by atoms with E-state index in [0.717, 1.165) is 12.1 Å². The quantitative estimate of drug-likeness (QED) is 0.871. The molecule has 0 atom stereocenters. The van der Waals surface area contributed by atoms with Gasteiger partial charge in [-0.15, -0.1) is 0 Å². The van der Waals surface area contributed by atoms with Crippen molar-refractivity contribution in [3.05, 3.63) is 28.8 Å². The summed E-state index contributed by atoms with van der Waals surface area (Å²) >= 11 is 5.44. The van der Waals surface area contributed by atoms with Crippen LogP contribution < -0.4 is 5.32 Å². The van der Waals surface area contributed by atoms with Gasteiger partial charge in [-0.2, -0.15) is 13.2 Å². The highest BCUT2D eigenvalue weighted by molar-refractivity contribution is 6.30. The standard InChI is InChI=1S/C9H7ClF3NO2/c10-5-1-2-7(14-4-8(15)16)6(3-5)9(11,12)13/h1-3,14H,4H2,(H,15,16). The van der Waals surface area contributed by atoms with Gasteiger partial charge in [0, 0.05) is 10.7 Å². The molecule has 0 saturated heterocycles. The monoisotopic (exact) mass is 253 g/mol. The van der Waals surface area contributed by atoms with E-state index in [2.05, 4.69) is 5.32 Å². The molecular weight excluding hydrogens is 247 g/mol. The summed E-state index contributed by atoms with van der Waals surface area (Å²) in [6, 6.07) is 3.08. The normalized spacial score (nSPS) is 11.2. The molecule has 0 aromatic heterocycles. The van der Waals surface area contributed by atoms with E-state index in [1.807, 2.05) is 0 Å². The zero-order valence-corrected chi connectivity index (χ0v) is 8.56. The van der Waals surface area contributed by atoms with Gasteiger partial charge < -0.3 is 10.4 Å². The predicted molar refractivity (Wildman–Crippen MR) is 52.6 cm³/mol. The highest BCUT2D eigenvalue weighted by atomic mass is 35.5. The Hall–Kier alpha value is -1.43. The van der Waals surface area contributed by atoms with Crippen LogP contribution in [0.4, 0.5) is 18.9 Å². The molecule has 2 N–H and O–H groups in total. The number of hydrogen-bond acceptors (Lipinski definition) is 2. The maximum absolute atomic E-state index is 12.5. The second-order valence-corrected chi connectivity index (χ2v) is 3.37. The minimum Gasteiger partial charge on any atom is -0.480 e. The van der Waals surface area contributed by atoms with Crippen LogP contribution in [0.3, 0.4) is 0 Å². The van der Waals surface area contributed by atoms with E-state index in [4.69, 9.17) is 16.7 Å². The molecule has 0 heterocycles. The van der Waals surface area contributed by atoms with Crippen molar-refractivity contribution < 1.29 is 23.1 Å². The van der Waals surface area contributed by atoms with Crippen LogP contribution in [0.5, 0.6) is 0 Å². The minimum absolute atomic E-state index is 0.0619. The van der Waals surface area contributed by atoms with Crippen molar-refractivity contribution in [3.8, 4) is 0 Å². The molecule has 0 fully saturated rings. The lowest BCUT2D eigenvalue weighted by molar-refractivity contribution is -0.138. The fourth-order valence-electron chi connectivity index (χ4n) is 1.08. The van der Waals surface area contributed by atoms with Crippen molar-refractivity contribution in [2.24, 2.45) is 0 Å².